The average molecular weight is 464 g/mol. The second kappa shape index (κ2) is 10.6. The Balaban J connectivity index is 1.59. The van der Waals surface area contributed by atoms with E-state index in [4.69, 9.17) is 15.2 Å². The number of carbonyl (C=O) groups excluding carboxylic acids is 2. The highest BCUT2D eigenvalue weighted by Crippen LogP contribution is 2.36. The summed E-state index contributed by atoms with van der Waals surface area (Å²) in [4.78, 5) is 28.3. The molecule has 1 heterocycles. The van der Waals surface area contributed by atoms with Gasteiger partial charge in [0.25, 0.3) is 0 Å². The Morgan fingerprint density at radius 3 is 2.47 bits per heavy atom. The van der Waals surface area contributed by atoms with Gasteiger partial charge in [-0.05, 0) is 49.0 Å². The molecule has 1 unspecified atom stereocenters. The van der Waals surface area contributed by atoms with Crippen molar-refractivity contribution in [3.63, 3.8) is 0 Å². The first-order chi connectivity index (χ1) is 16.5. The van der Waals surface area contributed by atoms with E-state index in [1.165, 1.54) is 12.8 Å². The summed E-state index contributed by atoms with van der Waals surface area (Å²) in [5.41, 5.74) is 8.12. The number of hydrogen-bond acceptors (Lipinski definition) is 5. The monoisotopic (exact) mass is 463 g/mol. The van der Waals surface area contributed by atoms with E-state index in [0.717, 1.165) is 41.2 Å². The van der Waals surface area contributed by atoms with Crippen LogP contribution in [0, 0.1) is 0 Å². The van der Waals surface area contributed by atoms with Crippen LogP contribution in [0.15, 0.2) is 55.1 Å². The van der Waals surface area contributed by atoms with E-state index in [1.54, 1.807) is 12.0 Å². The van der Waals surface area contributed by atoms with E-state index in [0.29, 0.717) is 19.6 Å². The third-order valence-electron chi connectivity index (χ3n) is 6.68. The van der Waals surface area contributed by atoms with Crippen LogP contribution in [0.25, 0.3) is 5.57 Å². The molecule has 2 aromatic rings. The first-order valence-electron chi connectivity index (χ1n) is 11.9. The Morgan fingerprint density at radius 2 is 1.79 bits per heavy atom. The zero-order valence-corrected chi connectivity index (χ0v) is 19.7. The SMILES string of the molecule is C=C(c1ccccc1)C1CN(c2ccc(OC)c(OC3CCCC3)c2)CCN1C(=O)CC(N)=O. The van der Waals surface area contributed by atoms with Crippen molar-refractivity contribution in [2.24, 2.45) is 5.73 Å². The van der Waals surface area contributed by atoms with Gasteiger partial charge in [0.15, 0.2) is 11.5 Å². The first-order valence-corrected chi connectivity index (χ1v) is 11.9. The largest absolute Gasteiger partial charge is 0.493 e. The number of hydrogen-bond donors (Lipinski definition) is 1. The van der Waals surface area contributed by atoms with Crippen LogP contribution >= 0.6 is 0 Å². The van der Waals surface area contributed by atoms with E-state index < -0.39 is 5.91 Å². The molecule has 7 heteroatoms. The minimum atomic E-state index is -0.625. The quantitative estimate of drug-likeness (QED) is 0.605. The molecular weight excluding hydrogens is 430 g/mol. The lowest BCUT2D eigenvalue weighted by Gasteiger charge is -2.43. The van der Waals surface area contributed by atoms with Crippen molar-refractivity contribution >= 4 is 23.1 Å². The molecule has 34 heavy (non-hydrogen) atoms. The average Bonchev–Trinajstić information content (AvgIpc) is 3.36. The van der Waals surface area contributed by atoms with Crippen LogP contribution in [0.4, 0.5) is 5.69 Å². The maximum absolute atomic E-state index is 12.9. The number of primary amides is 1. The van der Waals surface area contributed by atoms with Crippen molar-refractivity contribution in [2.45, 2.75) is 44.2 Å². The van der Waals surface area contributed by atoms with Gasteiger partial charge in [-0.25, -0.2) is 0 Å². The van der Waals surface area contributed by atoms with Gasteiger partial charge in [0.05, 0.1) is 19.3 Å². The van der Waals surface area contributed by atoms with E-state index in [2.05, 4.69) is 11.5 Å². The number of ether oxygens (including phenoxy) is 2. The standard InChI is InChI=1S/C27H33N3O4/c1-19(20-8-4-3-5-9-20)23-18-29(14-15-30(23)27(32)17-26(28)31)21-12-13-24(33-2)25(16-21)34-22-10-6-7-11-22/h3-5,8-9,12-13,16,22-23H,1,6-7,10-11,14-15,17-18H2,2H3,(H2,28,31). The minimum Gasteiger partial charge on any atom is -0.493 e. The molecule has 180 valence electrons. The predicted octanol–water partition coefficient (Wildman–Crippen LogP) is 3.62. The molecule has 7 nitrogen and oxygen atoms in total. The molecule has 1 saturated heterocycles. The van der Waals surface area contributed by atoms with Crippen LogP contribution in [-0.4, -0.2) is 55.6 Å². The van der Waals surface area contributed by atoms with Crippen LogP contribution < -0.4 is 20.1 Å². The molecule has 2 N–H and O–H groups in total. The number of amides is 2. The van der Waals surface area contributed by atoms with Gasteiger partial charge >= 0.3 is 0 Å². The highest BCUT2D eigenvalue weighted by Gasteiger charge is 2.33. The van der Waals surface area contributed by atoms with Gasteiger partial charge in [-0.2, -0.15) is 0 Å². The summed E-state index contributed by atoms with van der Waals surface area (Å²) in [6, 6.07) is 15.5. The Hall–Kier alpha value is -3.48. The molecule has 0 spiro atoms. The lowest BCUT2D eigenvalue weighted by molar-refractivity contribution is -0.136. The van der Waals surface area contributed by atoms with Gasteiger partial charge in [0.1, 0.15) is 6.42 Å². The van der Waals surface area contributed by atoms with E-state index in [1.807, 2.05) is 48.5 Å². The lowest BCUT2D eigenvalue weighted by atomic mass is 9.96. The second-order valence-corrected chi connectivity index (χ2v) is 8.94. The van der Waals surface area contributed by atoms with Crippen molar-refractivity contribution in [2.75, 3.05) is 31.6 Å². The molecule has 1 aliphatic heterocycles. The highest BCUT2D eigenvalue weighted by atomic mass is 16.5. The van der Waals surface area contributed by atoms with Gasteiger partial charge in [-0.15, -0.1) is 0 Å². The third kappa shape index (κ3) is 5.35. The number of methoxy groups -OCH3 is 1. The number of carbonyl (C=O) groups is 2. The van der Waals surface area contributed by atoms with Crippen LogP contribution in [0.5, 0.6) is 11.5 Å². The summed E-state index contributed by atoms with van der Waals surface area (Å²) < 4.78 is 11.8. The number of piperazine rings is 1. The number of rotatable bonds is 8. The predicted molar refractivity (Wildman–Crippen MR) is 133 cm³/mol. The summed E-state index contributed by atoms with van der Waals surface area (Å²) in [6.07, 6.45) is 4.42. The fraction of sp³-hybridized carbons (Fsp3) is 0.407. The number of nitrogens with zero attached hydrogens (tertiary/aromatic N) is 2. The van der Waals surface area contributed by atoms with Crippen LogP contribution in [0.1, 0.15) is 37.7 Å². The molecule has 4 rings (SSSR count). The summed E-state index contributed by atoms with van der Waals surface area (Å²) in [6.45, 7) is 5.96. The fourth-order valence-corrected chi connectivity index (χ4v) is 4.85. The summed E-state index contributed by atoms with van der Waals surface area (Å²) in [7, 11) is 1.65. The third-order valence-corrected chi connectivity index (χ3v) is 6.68. The Labute approximate surface area is 201 Å². The van der Waals surface area contributed by atoms with Crippen molar-refractivity contribution < 1.29 is 19.1 Å². The Kier molecular flexibility index (Phi) is 7.40. The molecule has 2 fully saturated rings. The number of nitrogens with two attached hydrogens (primary N) is 1. The fourth-order valence-electron chi connectivity index (χ4n) is 4.85. The molecule has 1 aliphatic carbocycles. The molecular formula is C27H33N3O4. The molecule has 0 bridgehead atoms. The van der Waals surface area contributed by atoms with Crippen LogP contribution in [0.2, 0.25) is 0 Å². The molecule has 1 saturated carbocycles. The van der Waals surface area contributed by atoms with E-state index in [9.17, 15) is 9.59 Å². The maximum atomic E-state index is 12.9. The van der Waals surface area contributed by atoms with Gasteiger partial charge in [-0.3, -0.25) is 9.59 Å². The van der Waals surface area contributed by atoms with E-state index in [-0.39, 0.29) is 24.5 Å². The summed E-state index contributed by atoms with van der Waals surface area (Å²) in [5, 5.41) is 0. The molecule has 1 atom stereocenters. The van der Waals surface area contributed by atoms with Crippen LogP contribution in [0.3, 0.4) is 0 Å². The molecule has 0 aromatic heterocycles. The van der Waals surface area contributed by atoms with Crippen molar-refractivity contribution in [3.8, 4) is 11.5 Å². The molecule has 2 aromatic carbocycles. The summed E-state index contributed by atoms with van der Waals surface area (Å²) in [5.74, 6) is 0.573. The van der Waals surface area contributed by atoms with Crippen molar-refractivity contribution in [3.05, 3.63) is 60.7 Å². The Bertz CT molecular complexity index is 1030. The smallest absolute Gasteiger partial charge is 0.232 e. The van der Waals surface area contributed by atoms with Crippen molar-refractivity contribution in [1.82, 2.24) is 4.90 Å². The second-order valence-electron chi connectivity index (χ2n) is 8.94. The lowest BCUT2D eigenvalue weighted by Crippen LogP contribution is -2.56. The molecule has 0 radical (unpaired) electrons. The zero-order chi connectivity index (χ0) is 24.1. The highest BCUT2D eigenvalue weighted by molar-refractivity contribution is 5.97. The number of anilines is 1. The maximum Gasteiger partial charge on any atom is 0.232 e. The van der Waals surface area contributed by atoms with Gasteiger partial charge < -0.3 is 25.0 Å². The Morgan fingerprint density at radius 1 is 1.06 bits per heavy atom. The van der Waals surface area contributed by atoms with Gasteiger partial charge in [-0.1, -0.05) is 36.9 Å². The van der Waals surface area contributed by atoms with Gasteiger partial charge in [0, 0.05) is 31.4 Å². The van der Waals surface area contributed by atoms with Crippen molar-refractivity contribution in [1.29, 1.82) is 0 Å². The first kappa shape index (κ1) is 23.7. The molecule has 2 amide bonds. The van der Waals surface area contributed by atoms with E-state index >= 15 is 0 Å². The van der Waals surface area contributed by atoms with Crippen LogP contribution in [-0.2, 0) is 9.59 Å². The zero-order valence-electron chi connectivity index (χ0n) is 19.7. The normalized spacial score (nSPS) is 18.6. The molecule has 2 aliphatic rings. The summed E-state index contributed by atoms with van der Waals surface area (Å²) >= 11 is 0. The minimum absolute atomic E-state index is 0.220. The van der Waals surface area contributed by atoms with Gasteiger partial charge in [0.2, 0.25) is 11.8 Å². The topological polar surface area (TPSA) is 85.1 Å². The number of benzene rings is 2.